The number of fused-ring (bicyclic) bond motifs is 5. The molecule has 9 aromatic rings. The molecule has 10 rings (SSSR count). The predicted octanol–water partition coefficient (Wildman–Crippen LogP) is 16.6. The number of nitrogens with zero attached hydrogens (tertiary/aromatic N) is 1. The fourth-order valence-corrected chi connectivity index (χ4v) is 9.10. The quantitative estimate of drug-likeness (QED) is 0.110. The maximum absolute atomic E-state index is 2.41. The van der Waals surface area contributed by atoms with Gasteiger partial charge in [0.1, 0.15) is 0 Å². The molecule has 1 heteroatoms. The fraction of sp³-hybridized carbons (Fsp3) is 0.103. The van der Waals surface area contributed by atoms with E-state index in [0.29, 0.717) is 0 Å². The lowest BCUT2D eigenvalue weighted by Crippen LogP contribution is -2.16. The van der Waals surface area contributed by atoms with Gasteiger partial charge in [0.2, 0.25) is 0 Å². The molecule has 0 aliphatic heterocycles. The molecule has 0 fully saturated rings. The molecular formula is C58H49N. The molecule has 0 heterocycles. The van der Waals surface area contributed by atoms with Gasteiger partial charge in [0.25, 0.3) is 0 Å². The normalized spacial score (nSPS) is 13.1. The van der Waals surface area contributed by atoms with Crippen LogP contribution >= 0.6 is 0 Å². The van der Waals surface area contributed by atoms with Crippen LogP contribution in [0.5, 0.6) is 0 Å². The molecule has 0 spiro atoms. The molecule has 0 bridgehead atoms. The molecular weight excluding hydrogens is 711 g/mol. The first-order valence-electron chi connectivity index (χ1n) is 20.8. The number of benzene rings is 9. The van der Waals surface area contributed by atoms with Gasteiger partial charge in [-0.05, 0) is 127 Å². The van der Waals surface area contributed by atoms with Gasteiger partial charge in [0.15, 0.2) is 0 Å². The number of anilines is 3. The minimum Gasteiger partial charge on any atom is -0.311 e. The molecule has 0 atom stereocenters. The zero-order valence-electron chi connectivity index (χ0n) is 34.4. The molecule has 1 aliphatic carbocycles. The molecule has 0 saturated heterocycles. The molecule has 0 N–H and O–H groups in total. The van der Waals surface area contributed by atoms with Crippen LogP contribution in [-0.2, 0) is 5.41 Å². The second-order valence-corrected chi connectivity index (χ2v) is 16.0. The van der Waals surface area contributed by atoms with E-state index in [9.17, 15) is 0 Å². The Hall–Kier alpha value is -6.96. The number of para-hydroxylation sites is 2. The summed E-state index contributed by atoms with van der Waals surface area (Å²) in [4.78, 5) is 2.32. The van der Waals surface area contributed by atoms with Crippen molar-refractivity contribution < 1.29 is 0 Å². The van der Waals surface area contributed by atoms with Crippen LogP contribution in [0.1, 0.15) is 49.4 Å². The van der Waals surface area contributed by atoms with Crippen LogP contribution < -0.4 is 4.90 Å². The highest BCUT2D eigenvalue weighted by Gasteiger charge is 2.39. The van der Waals surface area contributed by atoms with E-state index >= 15 is 0 Å². The first-order chi connectivity index (χ1) is 28.9. The smallest absolute Gasteiger partial charge is 0.0462 e. The molecule has 1 nitrogen and oxygen atoms in total. The third kappa shape index (κ3) is 7.04. The summed E-state index contributed by atoms with van der Waals surface area (Å²) >= 11 is 0. The average Bonchev–Trinajstić information content (AvgIpc) is 3.51. The Labute approximate surface area is 349 Å². The number of hydrogen-bond donors (Lipinski definition) is 0. The van der Waals surface area contributed by atoms with E-state index in [4.69, 9.17) is 0 Å². The molecule has 0 unspecified atom stereocenters. The highest BCUT2D eigenvalue weighted by Crippen LogP contribution is 2.56. The van der Waals surface area contributed by atoms with E-state index in [2.05, 4.69) is 215 Å². The van der Waals surface area contributed by atoms with Crippen molar-refractivity contribution in [2.45, 2.75) is 39.5 Å². The van der Waals surface area contributed by atoms with E-state index in [1.807, 2.05) is 30.4 Å². The lowest BCUT2D eigenvalue weighted by molar-refractivity contribution is 0.666. The second kappa shape index (κ2) is 16.1. The molecule has 0 saturated carbocycles. The van der Waals surface area contributed by atoms with Gasteiger partial charge >= 0.3 is 0 Å². The molecule has 286 valence electrons. The summed E-state index contributed by atoms with van der Waals surface area (Å²) in [6, 6.07) is 63.9. The Balaban J connectivity index is 0.000000274. The van der Waals surface area contributed by atoms with Gasteiger partial charge in [-0.25, -0.2) is 0 Å². The Morgan fingerprint density at radius 2 is 1.12 bits per heavy atom. The lowest BCUT2D eigenvalue weighted by atomic mass is 9.77. The van der Waals surface area contributed by atoms with Crippen molar-refractivity contribution in [2.24, 2.45) is 0 Å². The van der Waals surface area contributed by atoms with Crippen molar-refractivity contribution in [3.63, 3.8) is 0 Å². The predicted molar refractivity (Wildman–Crippen MR) is 257 cm³/mol. The topological polar surface area (TPSA) is 3.24 Å². The minimum atomic E-state index is -0.0825. The Morgan fingerprint density at radius 1 is 0.508 bits per heavy atom. The van der Waals surface area contributed by atoms with E-state index in [1.165, 1.54) is 76.8 Å². The summed E-state index contributed by atoms with van der Waals surface area (Å²) in [5, 5.41) is 8.12. The van der Waals surface area contributed by atoms with Crippen molar-refractivity contribution in [3.8, 4) is 22.3 Å². The SMILES string of the molecule is CC/C=C/C=C\C=C/c1ccccc1.Cc1ccc2c(c1)C(C)(C)c1c-2c2cccc3cc(-c4ccc(N(c5ccccc5)c5ccccc5)cc4)c4cccc1c4c32. The monoisotopic (exact) mass is 759 g/mol. The highest BCUT2D eigenvalue weighted by atomic mass is 15.1. The molecule has 1 aliphatic rings. The summed E-state index contributed by atoms with van der Waals surface area (Å²) in [6.07, 6.45) is 13.5. The third-order valence-corrected chi connectivity index (χ3v) is 11.8. The van der Waals surface area contributed by atoms with Gasteiger partial charge in [0, 0.05) is 22.5 Å². The molecule has 0 radical (unpaired) electrons. The standard InChI is InChI=1S/C44H33N.C14H16/c1-28-20-25-35-39(26-28)44(2,3)43-37-19-11-17-34-38(27-30-12-10-18-36(42(35)43)40(30)41(34)37)29-21-23-33(24-22-29)45(31-13-6-4-7-14-31)32-15-8-5-9-16-32;1-2-3-4-5-6-8-11-14-12-9-7-10-13-14/h4-27H,1-3H3;3-13H,2H2,1H3/b;4-3+,6-5-,11-8-. The second-order valence-electron chi connectivity index (χ2n) is 16.0. The summed E-state index contributed by atoms with van der Waals surface area (Å²) in [5.41, 5.74) is 14.1. The van der Waals surface area contributed by atoms with Gasteiger partial charge in [0.05, 0.1) is 0 Å². The van der Waals surface area contributed by atoms with Crippen LogP contribution in [0, 0.1) is 6.92 Å². The average molecular weight is 760 g/mol. The van der Waals surface area contributed by atoms with Gasteiger partial charge in [-0.1, -0.05) is 196 Å². The fourth-order valence-electron chi connectivity index (χ4n) is 9.10. The molecule has 0 aromatic heterocycles. The number of aryl methyl sites for hydroxylation is 1. The van der Waals surface area contributed by atoms with E-state index in [-0.39, 0.29) is 5.41 Å². The van der Waals surface area contributed by atoms with Crippen LogP contribution in [0.25, 0.3) is 60.6 Å². The van der Waals surface area contributed by atoms with Gasteiger partial charge in [-0.3, -0.25) is 0 Å². The summed E-state index contributed by atoms with van der Waals surface area (Å²) in [6.45, 7) is 9.15. The van der Waals surface area contributed by atoms with E-state index < -0.39 is 0 Å². The van der Waals surface area contributed by atoms with E-state index in [1.54, 1.807) is 0 Å². The number of allylic oxidation sites excluding steroid dienone is 5. The van der Waals surface area contributed by atoms with Crippen LogP contribution in [-0.4, -0.2) is 0 Å². The minimum absolute atomic E-state index is 0.0825. The van der Waals surface area contributed by atoms with Crippen molar-refractivity contribution in [1.29, 1.82) is 0 Å². The summed E-state index contributed by atoms with van der Waals surface area (Å²) in [7, 11) is 0. The van der Waals surface area contributed by atoms with Crippen LogP contribution in [0.2, 0.25) is 0 Å². The molecule has 9 aromatic carbocycles. The maximum Gasteiger partial charge on any atom is 0.0462 e. The first-order valence-corrected chi connectivity index (χ1v) is 20.8. The molecule has 59 heavy (non-hydrogen) atoms. The summed E-state index contributed by atoms with van der Waals surface area (Å²) < 4.78 is 0. The van der Waals surface area contributed by atoms with Crippen molar-refractivity contribution >= 4 is 55.5 Å². The zero-order chi connectivity index (χ0) is 40.3. The Kier molecular flexibility index (Phi) is 10.3. The maximum atomic E-state index is 2.41. The van der Waals surface area contributed by atoms with Gasteiger partial charge in [-0.15, -0.1) is 0 Å². The Morgan fingerprint density at radius 3 is 1.81 bits per heavy atom. The third-order valence-electron chi connectivity index (χ3n) is 11.8. The van der Waals surface area contributed by atoms with E-state index in [0.717, 1.165) is 23.5 Å². The zero-order valence-corrected chi connectivity index (χ0v) is 34.4. The first kappa shape index (κ1) is 37.6. The summed E-state index contributed by atoms with van der Waals surface area (Å²) in [5.74, 6) is 0. The van der Waals surface area contributed by atoms with Crippen LogP contribution in [0.3, 0.4) is 0 Å². The van der Waals surface area contributed by atoms with Gasteiger partial charge in [-0.2, -0.15) is 0 Å². The highest BCUT2D eigenvalue weighted by molar-refractivity contribution is 6.31. The largest absolute Gasteiger partial charge is 0.311 e. The van der Waals surface area contributed by atoms with Crippen molar-refractivity contribution in [1.82, 2.24) is 0 Å². The lowest BCUT2D eigenvalue weighted by Gasteiger charge is -2.26. The van der Waals surface area contributed by atoms with Crippen LogP contribution in [0.15, 0.2) is 206 Å². The van der Waals surface area contributed by atoms with Gasteiger partial charge < -0.3 is 4.90 Å². The molecule has 0 amide bonds. The Bertz CT molecular complexity index is 2930. The van der Waals surface area contributed by atoms with Crippen LogP contribution in [0.4, 0.5) is 17.1 Å². The number of rotatable bonds is 8. The van der Waals surface area contributed by atoms with Crippen molar-refractivity contribution in [2.75, 3.05) is 4.90 Å². The number of hydrogen-bond acceptors (Lipinski definition) is 1. The van der Waals surface area contributed by atoms with Crippen molar-refractivity contribution in [3.05, 3.63) is 229 Å².